The van der Waals surface area contributed by atoms with E-state index in [1.165, 1.54) is 31.8 Å². The molecule has 0 saturated heterocycles. The van der Waals surface area contributed by atoms with Crippen LogP contribution in [0.4, 0.5) is 0 Å². The van der Waals surface area contributed by atoms with Gasteiger partial charge in [0.05, 0.1) is 0 Å². The number of carboxylic acid groups (broad SMARTS) is 1. The molecule has 1 aliphatic carbocycles. The Morgan fingerprint density at radius 2 is 2.12 bits per heavy atom. The lowest BCUT2D eigenvalue weighted by molar-refractivity contribution is -0.146. The van der Waals surface area contributed by atoms with Gasteiger partial charge in [-0.2, -0.15) is 0 Å². The minimum atomic E-state index is -1.40. The van der Waals surface area contributed by atoms with Crippen LogP contribution in [0, 0.1) is 11.8 Å². The van der Waals surface area contributed by atoms with Gasteiger partial charge >= 0.3 is 5.97 Å². The number of hydrogen-bond donors (Lipinski definition) is 2. The van der Waals surface area contributed by atoms with Crippen LogP contribution in [0.2, 0.25) is 0 Å². The standard InChI is InChI=1S/C20H28O4/c1-2-3-4-5-6-8-11-16-14-15-18(21)17(16)12-9-7-10-13-19(22)20(23)24/h8-11,14-17,19,22H,2-6,12-13H2,1H3,(H,23,24)/t7?,16-,17+,19?/m0/s1. The Balaban J connectivity index is 2.41. The number of carboxylic acids is 1. The molecule has 0 fully saturated rings. The second kappa shape index (κ2) is 11.6. The van der Waals surface area contributed by atoms with E-state index in [0.29, 0.717) is 6.42 Å². The average Bonchev–Trinajstić information content (AvgIpc) is 2.90. The van der Waals surface area contributed by atoms with Gasteiger partial charge in [-0.1, -0.05) is 44.4 Å². The zero-order valence-electron chi connectivity index (χ0n) is 14.4. The van der Waals surface area contributed by atoms with Crippen LogP contribution in [-0.4, -0.2) is 28.1 Å². The van der Waals surface area contributed by atoms with Gasteiger partial charge in [0.2, 0.25) is 0 Å². The molecule has 0 aliphatic heterocycles. The first-order valence-corrected chi connectivity index (χ1v) is 8.75. The lowest BCUT2D eigenvalue weighted by Gasteiger charge is -2.11. The van der Waals surface area contributed by atoms with Crippen molar-refractivity contribution in [2.45, 2.75) is 58.0 Å². The summed E-state index contributed by atoms with van der Waals surface area (Å²) in [4.78, 5) is 22.4. The van der Waals surface area contributed by atoms with Crippen LogP contribution in [0.15, 0.2) is 42.2 Å². The van der Waals surface area contributed by atoms with Gasteiger partial charge in [-0.25, -0.2) is 4.79 Å². The molecule has 0 aromatic heterocycles. The van der Waals surface area contributed by atoms with Gasteiger partial charge in [0.25, 0.3) is 0 Å². The maximum Gasteiger partial charge on any atom is 0.332 e. The zero-order chi connectivity index (χ0) is 17.8. The molecular formula is C20H28O4. The Morgan fingerprint density at radius 1 is 1.33 bits per heavy atom. The van der Waals surface area contributed by atoms with Crippen molar-refractivity contribution in [3.05, 3.63) is 42.2 Å². The number of aliphatic carboxylic acids is 1. The summed E-state index contributed by atoms with van der Waals surface area (Å²) in [5, 5.41) is 17.7. The van der Waals surface area contributed by atoms with Crippen molar-refractivity contribution >= 4 is 11.8 Å². The molecule has 1 aliphatic rings. The van der Waals surface area contributed by atoms with Crippen molar-refractivity contribution in [2.75, 3.05) is 0 Å². The van der Waals surface area contributed by atoms with E-state index in [0.717, 1.165) is 6.42 Å². The SMILES string of the molecule is CCCCCCC=C[C@H]1C=CC(=O)[C@@H]1CC=C=CCC(O)C(=O)O. The molecule has 0 radical (unpaired) electrons. The van der Waals surface area contributed by atoms with E-state index in [1.807, 2.05) is 6.08 Å². The van der Waals surface area contributed by atoms with E-state index >= 15 is 0 Å². The van der Waals surface area contributed by atoms with Crippen molar-refractivity contribution < 1.29 is 19.8 Å². The molecule has 0 bridgehead atoms. The lowest BCUT2D eigenvalue weighted by Crippen LogP contribution is -2.17. The van der Waals surface area contributed by atoms with Gasteiger partial charge in [0.15, 0.2) is 11.9 Å². The molecule has 1 unspecified atom stereocenters. The maximum atomic E-state index is 11.9. The number of rotatable bonds is 11. The minimum Gasteiger partial charge on any atom is -0.479 e. The Hall–Kier alpha value is -1.90. The quantitative estimate of drug-likeness (QED) is 0.343. The van der Waals surface area contributed by atoms with E-state index in [1.54, 1.807) is 12.2 Å². The molecule has 24 heavy (non-hydrogen) atoms. The summed E-state index contributed by atoms with van der Waals surface area (Å²) in [6, 6.07) is 0. The second-order valence-corrected chi connectivity index (χ2v) is 6.12. The molecule has 3 atom stereocenters. The molecule has 2 N–H and O–H groups in total. The number of carbonyl (C=O) groups excluding carboxylic acids is 1. The van der Waals surface area contributed by atoms with Gasteiger partial charge in [-0.15, -0.1) is 5.73 Å². The number of aliphatic hydroxyl groups is 1. The normalized spacial score (nSPS) is 21.0. The lowest BCUT2D eigenvalue weighted by atomic mass is 9.91. The fourth-order valence-electron chi connectivity index (χ4n) is 2.63. The number of carbonyl (C=O) groups is 2. The number of hydrogen-bond acceptors (Lipinski definition) is 3. The van der Waals surface area contributed by atoms with Crippen LogP contribution in [0.3, 0.4) is 0 Å². The van der Waals surface area contributed by atoms with Crippen LogP contribution < -0.4 is 0 Å². The van der Waals surface area contributed by atoms with Crippen molar-refractivity contribution in [1.29, 1.82) is 0 Å². The summed E-state index contributed by atoms with van der Waals surface area (Å²) in [7, 11) is 0. The smallest absolute Gasteiger partial charge is 0.332 e. The van der Waals surface area contributed by atoms with E-state index in [4.69, 9.17) is 10.2 Å². The largest absolute Gasteiger partial charge is 0.479 e. The average molecular weight is 332 g/mol. The summed E-state index contributed by atoms with van der Waals surface area (Å²) < 4.78 is 0. The summed E-state index contributed by atoms with van der Waals surface area (Å²) in [5.74, 6) is -1.08. The Kier molecular flexibility index (Phi) is 9.74. The van der Waals surface area contributed by atoms with E-state index in [9.17, 15) is 9.59 Å². The van der Waals surface area contributed by atoms with Crippen molar-refractivity contribution in [3.63, 3.8) is 0 Å². The zero-order valence-corrected chi connectivity index (χ0v) is 14.4. The molecule has 0 spiro atoms. The number of ketones is 1. The predicted molar refractivity (Wildman–Crippen MR) is 94.6 cm³/mol. The van der Waals surface area contributed by atoms with E-state index in [-0.39, 0.29) is 24.0 Å². The van der Waals surface area contributed by atoms with Crippen molar-refractivity contribution in [2.24, 2.45) is 11.8 Å². The van der Waals surface area contributed by atoms with Gasteiger partial charge in [0.1, 0.15) is 0 Å². The highest BCUT2D eigenvalue weighted by Crippen LogP contribution is 2.27. The molecule has 1 rings (SSSR count). The first-order valence-electron chi connectivity index (χ1n) is 8.75. The monoisotopic (exact) mass is 332 g/mol. The van der Waals surface area contributed by atoms with Crippen LogP contribution >= 0.6 is 0 Å². The Bertz CT molecular complexity index is 524. The summed E-state index contributed by atoms with van der Waals surface area (Å²) in [5.41, 5.74) is 2.85. The van der Waals surface area contributed by atoms with Crippen LogP contribution in [-0.2, 0) is 9.59 Å². The molecular weight excluding hydrogens is 304 g/mol. The molecule has 0 amide bonds. The van der Waals surface area contributed by atoms with Crippen molar-refractivity contribution in [1.82, 2.24) is 0 Å². The van der Waals surface area contributed by atoms with Crippen LogP contribution in [0.5, 0.6) is 0 Å². The van der Waals surface area contributed by atoms with Crippen LogP contribution in [0.1, 0.15) is 51.9 Å². The maximum absolute atomic E-state index is 11.9. The van der Waals surface area contributed by atoms with Gasteiger partial charge in [-0.3, -0.25) is 4.79 Å². The van der Waals surface area contributed by atoms with E-state index in [2.05, 4.69) is 24.8 Å². The Morgan fingerprint density at radius 3 is 2.83 bits per heavy atom. The first-order chi connectivity index (χ1) is 11.6. The molecule has 0 aromatic rings. The second-order valence-electron chi connectivity index (χ2n) is 6.12. The third-order valence-electron chi connectivity index (χ3n) is 4.13. The summed E-state index contributed by atoms with van der Waals surface area (Å²) in [6.07, 6.45) is 16.3. The fraction of sp³-hybridized carbons (Fsp3) is 0.550. The molecule has 0 saturated carbocycles. The van der Waals surface area contributed by atoms with Crippen molar-refractivity contribution in [3.8, 4) is 0 Å². The summed E-state index contributed by atoms with van der Waals surface area (Å²) in [6.45, 7) is 2.19. The summed E-state index contributed by atoms with van der Waals surface area (Å²) >= 11 is 0. The minimum absolute atomic E-state index is 0.0176. The molecule has 0 aromatic carbocycles. The van der Waals surface area contributed by atoms with Gasteiger partial charge in [0, 0.05) is 18.3 Å². The molecule has 4 heteroatoms. The number of allylic oxidation sites excluding steroid dienone is 4. The fourth-order valence-corrected chi connectivity index (χ4v) is 2.63. The highest BCUT2D eigenvalue weighted by molar-refractivity contribution is 5.95. The molecule has 0 heterocycles. The number of aliphatic hydroxyl groups excluding tert-OH is 1. The molecule has 4 nitrogen and oxygen atoms in total. The predicted octanol–water partition coefficient (Wildman–Crippen LogP) is 3.82. The van der Waals surface area contributed by atoms with Gasteiger partial charge < -0.3 is 10.2 Å². The van der Waals surface area contributed by atoms with E-state index < -0.39 is 12.1 Å². The molecule has 132 valence electrons. The third kappa shape index (κ3) is 7.58. The highest BCUT2D eigenvalue weighted by Gasteiger charge is 2.26. The first kappa shape index (κ1) is 20.1. The van der Waals surface area contributed by atoms with Gasteiger partial charge in [-0.05, 0) is 37.5 Å². The number of unbranched alkanes of at least 4 members (excludes halogenated alkanes) is 4. The highest BCUT2D eigenvalue weighted by atomic mass is 16.4. The Labute approximate surface area is 144 Å². The van der Waals surface area contributed by atoms with Crippen LogP contribution in [0.25, 0.3) is 0 Å². The topological polar surface area (TPSA) is 74.6 Å². The third-order valence-corrected chi connectivity index (χ3v) is 4.13.